The molecule has 0 fully saturated rings. The fraction of sp³-hybridized carbons (Fsp3) is 0.750. The molecule has 0 nitrogen and oxygen atoms in total. The third-order valence-corrected chi connectivity index (χ3v) is 0. The fourth-order valence-electron chi connectivity index (χ4n) is 0. The van der Waals surface area contributed by atoms with Crippen LogP contribution in [0.25, 0.3) is 0 Å². The zero-order valence-corrected chi connectivity index (χ0v) is 5.97. The first-order chi connectivity index (χ1) is 2.73. The summed E-state index contributed by atoms with van der Waals surface area (Å²) in [4.78, 5) is 0. The van der Waals surface area contributed by atoms with Gasteiger partial charge in [0.1, 0.15) is 0 Å². The normalized spacial score (nSPS) is 7.00. The Morgan fingerprint density at radius 1 is 1.17 bits per heavy atom. The van der Waals surface area contributed by atoms with Crippen molar-refractivity contribution in [1.29, 1.82) is 0 Å². The number of rotatable bonds is 0. The van der Waals surface area contributed by atoms with E-state index in [2.05, 4.69) is 45.7 Å². The van der Waals surface area contributed by atoms with Gasteiger partial charge in [0.05, 0.1) is 0 Å². The van der Waals surface area contributed by atoms with Gasteiger partial charge in [-0.25, -0.2) is 0 Å². The summed E-state index contributed by atoms with van der Waals surface area (Å²) in [7, 11) is 3.65. The summed E-state index contributed by atoms with van der Waals surface area (Å²) in [6, 6.07) is 0. The van der Waals surface area contributed by atoms with Crippen LogP contribution in [0, 0.1) is 5.92 Å². The molecule has 0 aromatic heterocycles. The van der Waals surface area contributed by atoms with E-state index in [4.69, 9.17) is 0 Å². The van der Waals surface area contributed by atoms with Gasteiger partial charge >= 0.3 is 24.9 Å². The second-order valence-electron chi connectivity index (χ2n) is 1.50. The van der Waals surface area contributed by atoms with E-state index in [9.17, 15) is 0 Å². The van der Waals surface area contributed by atoms with Crippen molar-refractivity contribution in [3.05, 3.63) is 5.92 Å². The molecular formula is C4H9CuS. The SMILES string of the molecule is C[C](C)C.[S]=[Cu]. The number of hydrogen-bond donors (Lipinski definition) is 0. The van der Waals surface area contributed by atoms with Crippen LogP contribution >= 0.6 is 10.6 Å². The predicted octanol–water partition coefficient (Wildman–Crippen LogP) is 2.27. The van der Waals surface area contributed by atoms with E-state index in [1.54, 1.807) is 0 Å². The Hall–Kier alpha value is 0.739. The van der Waals surface area contributed by atoms with Crippen molar-refractivity contribution in [3.63, 3.8) is 0 Å². The van der Waals surface area contributed by atoms with Crippen LogP contribution in [0.1, 0.15) is 20.8 Å². The van der Waals surface area contributed by atoms with E-state index in [0.29, 0.717) is 0 Å². The second-order valence-corrected chi connectivity index (χ2v) is 1.50. The molecule has 0 saturated carbocycles. The first-order valence-corrected chi connectivity index (χ1v) is 3.02. The molecule has 0 heterocycles. The van der Waals surface area contributed by atoms with Crippen molar-refractivity contribution in [3.8, 4) is 0 Å². The van der Waals surface area contributed by atoms with Crippen LogP contribution in [0.15, 0.2) is 0 Å². The first-order valence-electron chi connectivity index (χ1n) is 1.62. The van der Waals surface area contributed by atoms with Crippen LogP contribution in [0.2, 0.25) is 0 Å². The Bertz CT molecular complexity index is 18.8. The molecule has 0 N–H and O–H groups in total. The zero-order chi connectivity index (χ0) is 5.58. The molecule has 0 aromatic carbocycles. The molecular weight excluding hydrogens is 144 g/mol. The summed E-state index contributed by atoms with van der Waals surface area (Å²) in [5.41, 5.74) is 0. The van der Waals surface area contributed by atoms with E-state index in [-0.39, 0.29) is 0 Å². The van der Waals surface area contributed by atoms with Gasteiger partial charge < -0.3 is 0 Å². The van der Waals surface area contributed by atoms with Crippen LogP contribution in [-0.4, -0.2) is 0 Å². The molecule has 2 heteroatoms. The van der Waals surface area contributed by atoms with E-state index in [1.807, 2.05) is 0 Å². The summed E-state index contributed by atoms with van der Waals surface area (Å²) in [6.07, 6.45) is 0. The fourth-order valence-corrected chi connectivity index (χ4v) is 0. The average molecular weight is 153 g/mol. The summed E-state index contributed by atoms with van der Waals surface area (Å²) in [6.45, 7) is 6.25. The van der Waals surface area contributed by atoms with Gasteiger partial charge in [-0.05, 0) is 5.92 Å². The molecule has 0 saturated heterocycles. The topological polar surface area (TPSA) is 0 Å². The quantitative estimate of drug-likeness (QED) is 0.480. The van der Waals surface area contributed by atoms with Crippen LogP contribution in [-0.2, 0) is 14.4 Å². The molecule has 0 atom stereocenters. The summed E-state index contributed by atoms with van der Waals surface area (Å²) >= 11 is 3.77. The molecule has 6 heavy (non-hydrogen) atoms. The Morgan fingerprint density at radius 2 is 1.17 bits per heavy atom. The van der Waals surface area contributed by atoms with Crippen molar-refractivity contribution in [2.45, 2.75) is 20.8 Å². The summed E-state index contributed by atoms with van der Waals surface area (Å²) in [5.74, 6) is 1.42. The average Bonchev–Trinajstić information content (AvgIpc) is 1.41. The molecule has 0 aliphatic rings. The Labute approximate surface area is 52.0 Å². The van der Waals surface area contributed by atoms with E-state index >= 15 is 0 Å². The maximum atomic E-state index is 3.77. The van der Waals surface area contributed by atoms with Gasteiger partial charge in [-0.1, -0.05) is 20.8 Å². The molecule has 0 unspecified atom stereocenters. The zero-order valence-electron chi connectivity index (χ0n) is 4.21. The minimum absolute atomic E-state index is 1.42. The third kappa shape index (κ3) is 121. The third-order valence-electron chi connectivity index (χ3n) is 0. The van der Waals surface area contributed by atoms with Crippen molar-refractivity contribution >= 4 is 10.6 Å². The Balaban J connectivity index is 0. The van der Waals surface area contributed by atoms with Gasteiger partial charge in [-0.3, -0.25) is 0 Å². The van der Waals surface area contributed by atoms with Crippen LogP contribution in [0.4, 0.5) is 0 Å². The molecule has 0 aliphatic heterocycles. The van der Waals surface area contributed by atoms with Crippen molar-refractivity contribution in [2.24, 2.45) is 0 Å². The van der Waals surface area contributed by atoms with Crippen molar-refractivity contribution < 1.29 is 14.4 Å². The molecule has 0 aliphatic carbocycles. The van der Waals surface area contributed by atoms with E-state index < -0.39 is 0 Å². The van der Waals surface area contributed by atoms with Gasteiger partial charge in [-0.15, -0.1) is 0 Å². The molecule has 0 amide bonds. The Morgan fingerprint density at radius 3 is 1.17 bits per heavy atom. The Kier molecular flexibility index (Phi) is 15.2. The van der Waals surface area contributed by atoms with Gasteiger partial charge in [0.2, 0.25) is 0 Å². The van der Waals surface area contributed by atoms with Crippen molar-refractivity contribution in [2.75, 3.05) is 0 Å². The van der Waals surface area contributed by atoms with Crippen molar-refractivity contribution in [1.82, 2.24) is 0 Å². The van der Waals surface area contributed by atoms with Gasteiger partial charge in [0.25, 0.3) is 0 Å². The van der Waals surface area contributed by atoms with E-state index in [1.165, 1.54) is 5.92 Å². The summed E-state index contributed by atoms with van der Waals surface area (Å²) < 4.78 is 0. The van der Waals surface area contributed by atoms with Crippen LogP contribution in [0.5, 0.6) is 0 Å². The molecule has 42 valence electrons. The molecule has 0 bridgehead atoms. The molecule has 0 aromatic rings. The monoisotopic (exact) mass is 152 g/mol. The minimum atomic E-state index is 1.42. The van der Waals surface area contributed by atoms with Gasteiger partial charge in [0.15, 0.2) is 0 Å². The van der Waals surface area contributed by atoms with Crippen LogP contribution < -0.4 is 0 Å². The van der Waals surface area contributed by atoms with Crippen LogP contribution in [0.3, 0.4) is 0 Å². The van der Waals surface area contributed by atoms with Gasteiger partial charge in [-0.2, -0.15) is 0 Å². The molecule has 0 rings (SSSR count). The predicted molar refractivity (Wildman–Crippen MR) is 27.9 cm³/mol. The maximum absolute atomic E-state index is 3.77. The first kappa shape index (κ1) is 9.88. The molecule has 1 radical (unpaired) electrons. The van der Waals surface area contributed by atoms with E-state index in [0.717, 1.165) is 0 Å². The standard InChI is InChI=1S/C4H9.Cu.S/c1-4(2)3;;/h1-3H3;;. The second kappa shape index (κ2) is 9.22. The molecule has 0 spiro atoms. The number of hydrogen-bond acceptors (Lipinski definition) is 1. The summed E-state index contributed by atoms with van der Waals surface area (Å²) in [5, 5.41) is 0. The van der Waals surface area contributed by atoms with Gasteiger partial charge in [0, 0.05) is 0 Å².